The van der Waals surface area contributed by atoms with E-state index in [9.17, 15) is 9.59 Å². The van der Waals surface area contributed by atoms with Gasteiger partial charge in [0.1, 0.15) is 0 Å². The number of nitrogens with zero attached hydrogens (tertiary/aromatic N) is 3. The van der Waals surface area contributed by atoms with Gasteiger partial charge >= 0.3 is 0 Å². The molecule has 0 bridgehead atoms. The van der Waals surface area contributed by atoms with Gasteiger partial charge in [0.25, 0.3) is 11.8 Å². The van der Waals surface area contributed by atoms with E-state index in [-0.39, 0.29) is 17.9 Å². The molecular weight excluding hydrogens is 342 g/mol. The summed E-state index contributed by atoms with van der Waals surface area (Å²) in [6, 6.07) is 12.8. The van der Waals surface area contributed by atoms with Crippen molar-refractivity contribution in [2.24, 2.45) is 0 Å². The molecule has 1 saturated heterocycles. The Kier molecular flexibility index (Phi) is 5.74. The van der Waals surface area contributed by atoms with Gasteiger partial charge in [-0.2, -0.15) is 0 Å². The van der Waals surface area contributed by atoms with Crippen molar-refractivity contribution in [1.82, 2.24) is 14.8 Å². The Labute approximate surface area is 159 Å². The molecule has 1 fully saturated rings. The molecule has 142 valence electrons. The molecule has 3 rings (SSSR count). The van der Waals surface area contributed by atoms with E-state index in [0.717, 1.165) is 5.56 Å². The second-order valence-corrected chi connectivity index (χ2v) is 6.93. The first-order chi connectivity index (χ1) is 13.0. The van der Waals surface area contributed by atoms with Crippen molar-refractivity contribution < 1.29 is 14.3 Å². The third-order valence-electron chi connectivity index (χ3n) is 4.75. The molecule has 2 heterocycles. The summed E-state index contributed by atoms with van der Waals surface area (Å²) in [5.74, 6) is 0.363. The van der Waals surface area contributed by atoms with E-state index in [1.54, 1.807) is 22.9 Å². The van der Waals surface area contributed by atoms with Gasteiger partial charge in [-0.15, -0.1) is 0 Å². The molecule has 0 spiro atoms. The predicted octanol–water partition coefficient (Wildman–Crippen LogP) is 2.53. The van der Waals surface area contributed by atoms with E-state index in [1.807, 2.05) is 56.3 Å². The minimum absolute atomic E-state index is 0.00260. The van der Waals surface area contributed by atoms with Crippen LogP contribution in [0.2, 0.25) is 0 Å². The van der Waals surface area contributed by atoms with Gasteiger partial charge < -0.3 is 14.5 Å². The van der Waals surface area contributed by atoms with Gasteiger partial charge in [-0.05, 0) is 44.5 Å². The Morgan fingerprint density at radius 2 is 1.93 bits per heavy atom. The molecule has 1 aliphatic heterocycles. The lowest BCUT2D eigenvalue weighted by molar-refractivity contribution is -0.142. The molecule has 1 aromatic heterocycles. The summed E-state index contributed by atoms with van der Waals surface area (Å²) in [4.78, 5) is 33.2. The first-order valence-corrected chi connectivity index (χ1v) is 9.20. The summed E-state index contributed by atoms with van der Waals surface area (Å²) in [6.07, 6.45) is 1.04. The maximum absolute atomic E-state index is 12.8. The smallest absolute Gasteiger partial charge is 0.263 e. The third kappa shape index (κ3) is 4.45. The Balaban J connectivity index is 1.60. The fourth-order valence-electron chi connectivity index (χ4n) is 3.27. The molecule has 6 nitrogen and oxygen atoms in total. The van der Waals surface area contributed by atoms with Crippen molar-refractivity contribution in [2.75, 3.05) is 19.6 Å². The van der Waals surface area contributed by atoms with Crippen LogP contribution in [0.5, 0.6) is 5.88 Å². The van der Waals surface area contributed by atoms with Crippen molar-refractivity contribution in [3.8, 4) is 5.88 Å². The minimum Gasteiger partial charge on any atom is -0.465 e. The zero-order chi connectivity index (χ0) is 19.4. The fourth-order valence-corrected chi connectivity index (χ4v) is 3.27. The van der Waals surface area contributed by atoms with Crippen molar-refractivity contribution in [1.29, 1.82) is 0 Å². The van der Waals surface area contributed by atoms with Crippen molar-refractivity contribution in [3.05, 3.63) is 59.8 Å². The highest BCUT2D eigenvalue weighted by molar-refractivity contribution is 5.94. The SMILES string of the molecule is Cc1ccnc(OC(C)C(=O)N2CCN(C(=O)c3ccccc3)C[C@H]2C)c1. The zero-order valence-electron chi connectivity index (χ0n) is 16.0. The second-order valence-electron chi connectivity index (χ2n) is 6.93. The number of amides is 2. The summed E-state index contributed by atoms with van der Waals surface area (Å²) >= 11 is 0. The molecule has 2 aromatic rings. The molecule has 0 N–H and O–H groups in total. The number of aryl methyl sites for hydroxylation is 1. The largest absolute Gasteiger partial charge is 0.465 e. The molecule has 2 amide bonds. The van der Waals surface area contributed by atoms with Crippen LogP contribution in [-0.4, -0.2) is 58.4 Å². The second kappa shape index (κ2) is 8.20. The molecule has 1 unspecified atom stereocenters. The van der Waals surface area contributed by atoms with Crippen LogP contribution in [0, 0.1) is 6.92 Å². The number of carbonyl (C=O) groups is 2. The Morgan fingerprint density at radius 3 is 2.59 bits per heavy atom. The fraction of sp³-hybridized carbons (Fsp3) is 0.381. The number of benzene rings is 1. The number of pyridine rings is 1. The molecule has 2 atom stereocenters. The molecule has 1 aliphatic rings. The molecular formula is C21H25N3O3. The first kappa shape index (κ1) is 18.9. The summed E-state index contributed by atoms with van der Waals surface area (Å²) < 4.78 is 5.72. The highest BCUT2D eigenvalue weighted by atomic mass is 16.5. The predicted molar refractivity (Wildman–Crippen MR) is 103 cm³/mol. The number of hydrogen-bond donors (Lipinski definition) is 0. The lowest BCUT2D eigenvalue weighted by atomic mass is 10.1. The molecule has 0 saturated carbocycles. The molecule has 0 radical (unpaired) electrons. The van der Waals surface area contributed by atoms with Gasteiger partial charge in [0, 0.05) is 43.5 Å². The van der Waals surface area contributed by atoms with E-state index in [4.69, 9.17) is 4.74 Å². The van der Waals surface area contributed by atoms with Crippen LogP contribution < -0.4 is 4.74 Å². The first-order valence-electron chi connectivity index (χ1n) is 9.20. The average Bonchev–Trinajstić information content (AvgIpc) is 2.67. The number of rotatable bonds is 4. The van der Waals surface area contributed by atoms with E-state index in [2.05, 4.69) is 4.98 Å². The van der Waals surface area contributed by atoms with Gasteiger partial charge in [0.15, 0.2) is 6.10 Å². The summed E-state index contributed by atoms with van der Waals surface area (Å²) in [5.41, 5.74) is 1.70. The monoisotopic (exact) mass is 367 g/mol. The Hall–Kier alpha value is -2.89. The van der Waals surface area contributed by atoms with Gasteiger partial charge in [-0.25, -0.2) is 4.98 Å². The standard InChI is InChI=1S/C21H25N3O3/c1-15-9-10-22-19(13-15)27-17(3)20(25)24-12-11-23(14-16(24)2)21(26)18-7-5-4-6-8-18/h4-10,13,16-17H,11-12,14H2,1-3H3/t16-,17?/m1/s1. The maximum atomic E-state index is 12.8. The van der Waals surface area contributed by atoms with E-state index in [0.29, 0.717) is 31.1 Å². The molecule has 27 heavy (non-hydrogen) atoms. The van der Waals surface area contributed by atoms with Crippen LogP contribution in [0.15, 0.2) is 48.7 Å². The van der Waals surface area contributed by atoms with E-state index in [1.165, 1.54) is 0 Å². The number of ether oxygens (including phenoxy) is 1. The van der Waals surface area contributed by atoms with Crippen LogP contribution in [0.25, 0.3) is 0 Å². The summed E-state index contributed by atoms with van der Waals surface area (Å²) in [6.45, 7) is 7.16. The quantitative estimate of drug-likeness (QED) is 0.833. The number of piperazine rings is 1. The summed E-state index contributed by atoms with van der Waals surface area (Å²) in [5, 5.41) is 0. The van der Waals surface area contributed by atoms with E-state index >= 15 is 0 Å². The normalized spacial score (nSPS) is 18.1. The van der Waals surface area contributed by atoms with Crippen LogP contribution in [0.3, 0.4) is 0 Å². The Morgan fingerprint density at radius 1 is 1.19 bits per heavy atom. The van der Waals surface area contributed by atoms with Crippen LogP contribution in [-0.2, 0) is 4.79 Å². The van der Waals surface area contributed by atoms with Crippen molar-refractivity contribution in [2.45, 2.75) is 32.9 Å². The molecule has 6 heteroatoms. The number of hydrogen-bond acceptors (Lipinski definition) is 4. The van der Waals surface area contributed by atoms with Gasteiger partial charge in [0.05, 0.1) is 0 Å². The average molecular weight is 367 g/mol. The Bertz CT molecular complexity index is 809. The van der Waals surface area contributed by atoms with Crippen LogP contribution in [0.1, 0.15) is 29.8 Å². The van der Waals surface area contributed by atoms with Crippen LogP contribution >= 0.6 is 0 Å². The summed E-state index contributed by atoms with van der Waals surface area (Å²) in [7, 11) is 0. The van der Waals surface area contributed by atoms with Gasteiger partial charge in [-0.3, -0.25) is 9.59 Å². The minimum atomic E-state index is -0.627. The van der Waals surface area contributed by atoms with Gasteiger partial charge in [0.2, 0.25) is 5.88 Å². The van der Waals surface area contributed by atoms with Gasteiger partial charge in [-0.1, -0.05) is 18.2 Å². The number of aromatic nitrogens is 1. The van der Waals surface area contributed by atoms with Crippen molar-refractivity contribution >= 4 is 11.8 Å². The zero-order valence-corrected chi connectivity index (χ0v) is 16.0. The lowest BCUT2D eigenvalue weighted by Gasteiger charge is -2.40. The highest BCUT2D eigenvalue weighted by Gasteiger charge is 2.33. The molecule has 1 aromatic carbocycles. The molecule has 0 aliphatic carbocycles. The van der Waals surface area contributed by atoms with E-state index < -0.39 is 6.10 Å². The van der Waals surface area contributed by atoms with Crippen LogP contribution in [0.4, 0.5) is 0 Å². The highest BCUT2D eigenvalue weighted by Crippen LogP contribution is 2.17. The lowest BCUT2D eigenvalue weighted by Crippen LogP contribution is -2.57. The third-order valence-corrected chi connectivity index (χ3v) is 4.75. The maximum Gasteiger partial charge on any atom is 0.263 e. The topological polar surface area (TPSA) is 62.7 Å². The number of carbonyl (C=O) groups excluding carboxylic acids is 2. The van der Waals surface area contributed by atoms with Crippen molar-refractivity contribution in [3.63, 3.8) is 0 Å².